The standard InChI is InChI=1S/C10H16ClNO/c1-2-7-12-10(13)8-5-3-4-6-9(8)11/h2-7H2,1H3,(H,12,13). The van der Waals surface area contributed by atoms with Gasteiger partial charge >= 0.3 is 0 Å². The van der Waals surface area contributed by atoms with Crippen molar-refractivity contribution in [1.29, 1.82) is 0 Å². The zero-order valence-corrected chi connectivity index (χ0v) is 8.78. The van der Waals surface area contributed by atoms with Gasteiger partial charge < -0.3 is 5.32 Å². The fourth-order valence-corrected chi connectivity index (χ4v) is 1.76. The van der Waals surface area contributed by atoms with Gasteiger partial charge in [-0.2, -0.15) is 0 Å². The summed E-state index contributed by atoms with van der Waals surface area (Å²) in [6, 6.07) is 0. The summed E-state index contributed by atoms with van der Waals surface area (Å²) in [6.07, 6.45) is 4.88. The lowest BCUT2D eigenvalue weighted by atomic mass is 9.99. The zero-order valence-electron chi connectivity index (χ0n) is 8.03. The van der Waals surface area contributed by atoms with Gasteiger partial charge in [-0.05, 0) is 32.1 Å². The van der Waals surface area contributed by atoms with Crippen LogP contribution in [0.5, 0.6) is 0 Å². The molecule has 0 radical (unpaired) electrons. The molecule has 0 aromatic rings. The molecular weight excluding hydrogens is 186 g/mol. The number of halogens is 1. The molecule has 0 fully saturated rings. The molecule has 0 atom stereocenters. The number of hydrogen-bond donors (Lipinski definition) is 1. The van der Waals surface area contributed by atoms with Gasteiger partial charge in [-0.25, -0.2) is 0 Å². The number of allylic oxidation sites excluding steroid dienone is 1. The molecule has 0 aliphatic heterocycles. The van der Waals surface area contributed by atoms with Crippen molar-refractivity contribution in [3.63, 3.8) is 0 Å². The Balaban J connectivity index is 2.53. The van der Waals surface area contributed by atoms with E-state index in [4.69, 9.17) is 11.6 Å². The summed E-state index contributed by atoms with van der Waals surface area (Å²) < 4.78 is 0. The van der Waals surface area contributed by atoms with E-state index in [-0.39, 0.29) is 5.91 Å². The number of nitrogens with one attached hydrogen (secondary N) is 1. The van der Waals surface area contributed by atoms with E-state index in [1.807, 2.05) is 6.92 Å². The van der Waals surface area contributed by atoms with Crippen LogP contribution in [-0.4, -0.2) is 12.5 Å². The van der Waals surface area contributed by atoms with Gasteiger partial charge in [-0.1, -0.05) is 18.5 Å². The first-order valence-corrected chi connectivity index (χ1v) is 5.29. The third-order valence-electron chi connectivity index (χ3n) is 2.21. The van der Waals surface area contributed by atoms with Gasteiger partial charge in [0.2, 0.25) is 5.91 Å². The summed E-state index contributed by atoms with van der Waals surface area (Å²) in [6.45, 7) is 2.78. The van der Waals surface area contributed by atoms with Crippen LogP contribution >= 0.6 is 11.6 Å². The highest BCUT2D eigenvalue weighted by Crippen LogP contribution is 2.27. The predicted octanol–water partition coefficient (Wildman–Crippen LogP) is 2.58. The van der Waals surface area contributed by atoms with Crippen molar-refractivity contribution in [3.8, 4) is 0 Å². The third kappa shape index (κ3) is 3.03. The topological polar surface area (TPSA) is 29.1 Å². The van der Waals surface area contributed by atoms with E-state index >= 15 is 0 Å². The van der Waals surface area contributed by atoms with Crippen molar-refractivity contribution >= 4 is 17.5 Å². The molecule has 1 amide bonds. The minimum Gasteiger partial charge on any atom is -0.352 e. The van der Waals surface area contributed by atoms with Gasteiger partial charge in [0.05, 0.1) is 0 Å². The number of rotatable bonds is 3. The van der Waals surface area contributed by atoms with Gasteiger partial charge in [0.1, 0.15) is 0 Å². The summed E-state index contributed by atoms with van der Waals surface area (Å²) >= 11 is 5.98. The van der Waals surface area contributed by atoms with Crippen LogP contribution in [0.15, 0.2) is 10.6 Å². The summed E-state index contributed by atoms with van der Waals surface area (Å²) in [5.41, 5.74) is 0.807. The summed E-state index contributed by atoms with van der Waals surface area (Å²) in [5, 5.41) is 3.61. The van der Waals surface area contributed by atoms with E-state index in [0.717, 1.165) is 49.3 Å². The Morgan fingerprint density at radius 2 is 2.15 bits per heavy atom. The summed E-state index contributed by atoms with van der Waals surface area (Å²) in [5.74, 6) is 0.0338. The summed E-state index contributed by atoms with van der Waals surface area (Å²) in [7, 11) is 0. The van der Waals surface area contributed by atoms with Crippen LogP contribution in [0.1, 0.15) is 39.0 Å². The molecule has 0 unspecified atom stereocenters. The fourth-order valence-electron chi connectivity index (χ4n) is 1.45. The van der Waals surface area contributed by atoms with Gasteiger partial charge in [-0.3, -0.25) is 4.79 Å². The normalized spacial score (nSPS) is 17.4. The van der Waals surface area contributed by atoms with Crippen molar-refractivity contribution in [2.75, 3.05) is 6.54 Å². The largest absolute Gasteiger partial charge is 0.352 e. The first-order chi connectivity index (χ1) is 6.25. The Labute approximate surface area is 84.3 Å². The second kappa shape index (κ2) is 5.28. The second-order valence-corrected chi connectivity index (χ2v) is 3.80. The third-order valence-corrected chi connectivity index (χ3v) is 2.63. The number of amides is 1. The Kier molecular flexibility index (Phi) is 4.29. The van der Waals surface area contributed by atoms with Crippen LogP contribution < -0.4 is 5.32 Å². The van der Waals surface area contributed by atoms with Gasteiger partial charge in [0, 0.05) is 17.2 Å². The van der Waals surface area contributed by atoms with Crippen LogP contribution in [0.25, 0.3) is 0 Å². The Hall–Kier alpha value is -0.500. The van der Waals surface area contributed by atoms with Gasteiger partial charge in [0.15, 0.2) is 0 Å². The molecule has 0 aromatic heterocycles. The number of hydrogen-bond acceptors (Lipinski definition) is 1. The Bertz CT molecular complexity index is 223. The molecule has 1 aliphatic rings. The van der Waals surface area contributed by atoms with E-state index in [2.05, 4.69) is 5.32 Å². The van der Waals surface area contributed by atoms with Crippen LogP contribution in [0.2, 0.25) is 0 Å². The molecule has 13 heavy (non-hydrogen) atoms. The fraction of sp³-hybridized carbons (Fsp3) is 0.700. The van der Waals surface area contributed by atoms with E-state index in [9.17, 15) is 4.79 Å². The molecule has 1 aliphatic carbocycles. The minimum atomic E-state index is 0.0338. The maximum absolute atomic E-state index is 11.5. The van der Waals surface area contributed by atoms with Crippen molar-refractivity contribution in [1.82, 2.24) is 5.32 Å². The number of carbonyl (C=O) groups is 1. The van der Waals surface area contributed by atoms with E-state index < -0.39 is 0 Å². The molecule has 74 valence electrons. The first kappa shape index (κ1) is 10.6. The molecule has 2 nitrogen and oxygen atoms in total. The molecule has 0 bridgehead atoms. The molecular formula is C10H16ClNO. The maximum Gasteiger partial charge on any atom is 0.248 e. The Morgan fingerprint density at radius 3 is 2.77 bits per heavy atom. The average molecular weight is 202 g/mol. The maximum atomic E-state index is 11.5. The highest BCUT2D eigenvalue weighted by Gasteiger charge is 2.16. The van der Waals surface area contributed by atoms with E-state index in [0.29, 0.717) is 0 Å². The van der Waals surface area contributed by atoms with Crippen LogP contribution in [0.3, 0.4) is 0 Å². The van der Waals surface area contributed by atoms with E-state index in [1.54, 1.807) is 0 Å². The molecule has 1 rings (SSSR count). The molecule has 0 saturated carbocycles. The predicted molar refractivity (Wildman–Crippen MR) is 54.6 cm³/mol. The molecule has 1 N–H and O–H groups in total. The molecule has 0 saturated heterocycles. The minimum absolute atomic E-state index is 0.0338. The zero-order chi connectivity index (χ0) is 9.68. The lowest BCUT2D eigenvalue weighted by Crippen LogP contribution is -2.27. The lowest BCUT2D eigenvalue weighted by Gasteiger charge is -2.15. The van der Waals surface area contributed by atoms with Crippen molar-refractivity contribution in [2.24, 2.45) is 0 Å². The van der Waals surface area contributed by atoms with Crippen molar-refractivity contribution in [2.45, 2.75) is 39.0 Å². The van der Waals surface area contributed by atoms with Gasteiger partial charge in [0.25, 0.3) is 0 Å². The second-order valence-electron chi connectivity index (χ2n) is 3.35. The molecule has 3 heteroatoms. The molecule has 0 heterocycles. The quantitative estimate of drug-likeness (QED) is 0.747. The SMILES string of the molecule is CCCNC(=O)C1=C(Cl)CCCC1. The van der Waals surface area contributed by atoms with E-state index in [1.165, 1.54) is 0 Å². The van der Waals surface area contributed by atoms with Crippen molar-refractivity contribution < 1.29 is 4.79 Å². The first-order valence-electron chi connectivity index (χ1n) is 4.91. The van der Waals surface area contributed by atoms with Crippen LogP contribution in [0.4, 0.5) is 0 Å². The molecule has 0 aromatic carbocycles. The Morgan fingerprint density at radius 1 is 1.46 bits per heavy atom. The summed E-state index contributed by atoms with van der Waals surface area (Å²) in [4.78, 5) is 11.5. The number of carbonyl (C=O) groups excluding carboxylic acids is 1. The highest BCUT2D eigenvalue weighted by molar-refractivity contribution is 6.31. The van der Waals surface area contributed by atoms with Gasteiger partial charge in [-0.15, -0.1) is 0 Å². The smallest absolute Gasteiger partial charge is 0.248 e. The van der Waals surface area contributed by atoms with Crippen LogP contribution in [-0.2, 0) is 4.79 Å². The lowest BCUT2D eigenvalue weighted by molar-refractivity contribution is -0.117. The molecule has 0 spiro atoms. The van der Waals surface area contributed by atoms with Crippen molar-refractivity contribution in [3.05, 3.63) is 10.6 Å². The highest BCUT2D eigenvalue weighted by atomic mass is 35.5. The monoisotopic (exact) mass is 201 g/mol. The average Bonchev–Trinajstić information content (AvgIpc) is 2.15. The van der Waals surface area contributed by atoms with Crippen LogP contribution in [0, 0.1) is 0 Å².